The third kappa shape index (κ3) is 0.716. The first-order valence-corrected chi connectivity index (χ1v) is 3.32. The topological polar surface area (TPSA) is 18.5 Å². The summed E-state index contributed by atoms with van der Waals surface area (Å²) < 4.78 is 4.58. The predicted molar refractivity (Wildman–Crippen MR) is 20.4 cm³/mol. The second kappa shape index (κ2) is 1.54. The summed E-state index contributed by atoms with van der Waals surface area (Å²) in [7, 11) is -0.179. The summed E-state index contributed by atoms with van der Waals surface area (Å²) >= 11 is 0. The zero-order chi connectivity index (χ0) is 3.54. The fourth-order valence-electron chi connectivity index (χ4n) is 0.295. The zero-order valence-electron chi connectivity index (χ0n) is 2.94. The Bertz CT molecular complexity index is 19.2. The minimum Gasteiger partial charge on any atom is -0.294 e. The average Bonchev–Trinajstić information content (AvgIpc) is 1.76. The smallest absolute Gasteiger partial charge is 0.211 e. The van der Waals surface area contributed by atoms with Crippen LogP contribution in [0.15, 0.2) is 0 Å². The highest BCUT2D eigenvalue weighted by atomic mass is 28.2. The van der Waals surface area contributed by atoms with Gasteiger partial charge in [-0.05, 0) is 6.04 Å². The van der Waals surface area contributed by atoms with Crippen LogP contribution in [0.3, 0.4) is 0 Å². The molecule has 0 aliphatic carbocycles. The third-order valence-electron chi connectivity index (χ3n) is 0.539. The second-order valence-electron chi connectivity index (χ2n) is 0.998. The summed E-state index contributed by atoms with van der Waals surface area (Å²) in [5, 5.41) is 0. The molecule has 0 atom stereocenters. The Morgan fingerprint density at radius 3 is 2.80 bits per heavy atom. The van der Waals surface area contributed by atoms with Crippen LogP contribution in [0.4, 0.5) is 0 Å². The molecule has 0 aromatic heterocycles. The molecule has 3 heteroatoms. The summed E-state index contributed by atoms with van der Waals surface area (Å²) in [6.45, 7) is 0.840. The quantitative estimate of drug-likeness (QED) is 0.293. The first kappa shape index (κ1) is 3.33. The fraction of sp³-hybridized carbons (Fsp3) is 1.00. The molecule has 30 valence electrons. The molecule has 0 radical (unpaired) electrons. The van der Waals surface area contributed by atoms with Gasteiger partial charge >= 0.3 is 0 Å². The molecule has 1 aliphatic heterocycles. The van der Waals surface area contributed by atoms with Crippen LogP contribution in [0.25, 0.3) is 0 Å². The summed E-state index contributed by atoms with van der Waals surface area (Å²) in [5.41, 5.74) is 0. The maximum atomic E-state index is 4.58. The van der Waals surface area contributed by atoms with Crippen LogP contribution in [0, 0.1) is 0 Å². The third-order valence-corrected chi connectivity index (χ3v) is 1.45. The molecule has 0 aromatic carbocycles. The van der Waals surface area contributed by atoms with Gasteiger partial charge in [0.2, 0.25) is 9.76 Å². The molecule has 0 bridgehead atoms. The lowest BCUT2D eigenvalue weighted by atomic mass is 10.9. The van der Waals surface area contributed by atoms with Gasteiger partial charge in [0.1, 0.15) is 0 Å². The Balaban J connectivity index is 2.08. The van der Waals surface area contributed by atoms with Gasteiger partial charge in [-0.25, -0.2) is 4.89 Å². The molecular weight excluding hydrogens is 84.1 g/mol. The average molecular weight is 90.2 g/mol. The van der Waals surface area contributed by atoms with Crippen molar-refractivity contribution in [2.75, 3.05) is 6.61 Å². The van der Waals surface area contributed by atoms with Crippen molar-refractivity contribution in [1.82, 2.24) is 0 Å². The SMILES string of the molecule is C1C[SiH2]OO1. The minimum atomic E-state index is -0.179. The van der Waals surface area contributed by atoms with Gasteiger partial charge in [0.15, 0.2) is 0 Å². The van der Waals surface area contributed by atoms with E-state index in [-0.39, 0.29) is 9.76 Å². The van der Waals surface area contributed by atoms with Crippen LogP contribution in [0.1, 0.15) is 0 Å². The van der Waals surface area contributed by atoms with Crippen LogP contribution in [-0.4, -0.2) is 16.4 Å². The molecule has 1 fully saturated rings. The van der Waals surface area contributed by atoms with Crippen molar-refractivity contribution in [3.8, 4) is 0 Å². The van der Waals surface area contributed by atoms with Gasteiger partial charge in [-0.15, -0.1) is 0 Å². The summed E-state index contributed by atoms with van der Waals surface area (Å²) in [6, 6.07) is 1.19. The minimum absolute atomic E-state index is 0.179. The molecule has 0 saturated carbocycles. The highest BCUT2D eigenvalue weighted by Gasteiger charge is 1.97. The molecule has 5 heavy (non-hydrogen) atoms. The van der Waals surface area contributed by atoms with Crippen molar-refractivity contribution in [3.05, 3.63) is 0 Å². The molecule has 1 saturated heterocycles. The van der Waals surface area contributed by atoms with Gasteiger partial charge in [0, 0.05) is 0 Å². The standard InChI is InChI=1S/C2H6O2Si/c1-2-5-4-3-1/h1-2,5H2. The molecule has 0 aromatic rings. The maximum absolute atomic E-state index is 4.58. The van der Waals surface area contributed by atoms with E-state index in [1.54, 1.807) is 0 Å². The Morgan fingerprint density at radius 1 is 1.60 bits per heavy atom. The van der Waals surface area contributed by atoms with Gasteiger partial charge < -0.3 is 0 Å². The molecule has 0 spiro atoms. The van der Waals surface area contributed by atoms with Crippen molar-refractivity contribution in [2.24, 2.45) is 0 Å². The van der Waals surface area contributed by atoms with Crippen molar-refractivity contribution in [1.29, 1.82) is 0 Å². The predicted octanol–water partition coefficient (Wildman–Crippen LogP) is -0.550. The Kier molecular flexibility index (Phi) is 1.03. The van der Waals surface area contributed by atoms with E-state index in [0.717, 1.165) is 6.61 Å². The lowest BCUT2D eigenvalue weighted by molar-refractivity contribution is -0.181. The molecule has 1 rings (SSSR count). The second-order valence-corrected chi connectivity index (χ2v) is 2.35. The molecule has 2 nitrogen and oxygen atoms in total. The van der Waals surface area contributed by atoms with Crippen LogP contribution < -0.4 is 0 Å². The highest BCUT2D eigenvalue weighted by molar-refractivity contribution is 6.27. The van der Waals surface area contributed by atoms with E-state index in [2.05, 4.69) is 9.46 Å². The normalized spacial score (nSPS) is 28.8. The van der Waals surface area contributed by atoms with Crippen molar-refractivity contribution < 1.29 is 9.46 Å². The van der Waals surface area contributed by atoms with Gasteiger partial charge in [-0.1, -0.05) is 0 Å². The largest absolute Gasteiger partial charge is 0.294 e. The molecule has 0 amide bonds. The molecule has 0 N–H and O–H groups in total. The number of hydrogen-bond acceptors (Lipinski definition) is 2. The van der Waals surface area contributed by atoms with E-state index in [0.29, 0.717) is 0 Å². The van der Waals surface area contributed by atoms with Crippen LogP contribution >= 0.6 is 0 Å². The summed E-state index contributed by atoms with van der Waals surface area (Å²) in [6.07, 6.45) is 0. The van der Waals surface area contributed by atoms with Gasteiger partial charge in [-0.3, -0.25) is 4.58 Å². The molecular formula is C2H6O2Si. The fourth-order valence-corrected chi connectivity index (χ4v) is 0.884. The first-order chi connectivity index (χ1) is 2.50. The van der Waals surface area contributed by atoms with E-state index in [4.69, 9.17) is 0 Å². The van der Waals surface area contributed by atoms with Crippen LogP contribution in [-0.2, 0) is 9.46 Å². The van der Waals surface area contributed by atoms with Gasteiger partial charge in [0.05, 0.1) is 6.61 Å². The van der Waals surface area contributed by atoms with Crippen LogP contribution in [0.2, 0.25) is 6.04 Å². The van der Waals surface area contributed by atoms with Crippen molar-refractivity contribution >= 4 is 9.76 Å². The van der Waals surface area contributed by atoms with Gasteiger partial charge in [0.25, 0.3) is 0 Å². The highest BCUT2D eigenvalue weighted by Crippen LogP contribution is 1.91. The number of hydrogen-bond donors (Lipinski definition) is 0. The Hall–Kier alpha value is 0.137. The van der Waals surface area contributed by atoms with Crippen molar-refractivity contribution in [3.63, 3.8) is 0 Å². The maximum Gasteiger partial charge on any atom is 0.211 e. The molecule has 1 heterocycles. The van der Waals surface area contributed by atoms with E-state index in [9.17, 15) is 0 Å². The van der Waals surface area contributed by atoms with E-state index in [1.807, 2.05) is 0 Å². The van der Waals surface area contributed by atoms with E-state index >= 15 is 0 Å². The monoisotopic (exact) mass is 90.0 g/mol. The Labute approximate surface area is 33.0 Å². The molecule has 0 unspecified atom stereocenters. The number of rotatable bonds is 0. The first-order valence-electron chi connectivity index (χ1n) is 1.74. The summed E-state index contributed by atoms with van der Waals surface area (Å²) in [5.74, 6) is 0. The lowest BCUT2D eigenvalue weighted by Gasteiger charge is -1.79. The van der Waals surface area contributed by atoms with E-state index in [1.165, 1.54) is 6.04 Å². The Morgan fingerprint density at radius 2 is 2.60 bits per heavy atom. The van der Waals surface area contributed by atoms with E-state index < -0.39 is 0 Å². The van der Waals surface area contributed by atoms with Crippen molar-refractivity contribution in [2.45, 2.75) is 6.04 Å². The zero-order valence-corrected chi connectivity index (χ0v) is 4.35. The van der Waals surface area contributed by atoms with Gasteiger partial charge in [-0.2, -0.15) is 0 Å². The lowest BCUT2D eigenvalue weighted by Crippen LogP contribution is -1.78. The molecule has 1 aliphatic rings. The van der Waals surface area contributed by atoms with Crippen LogP contribution in [0.5, 0.6) is 0 Å². The summed E-state index contributed by atoms with van der Waals surface area (Å²) in [4.78, 5) is 4.51.